The molecule has 1 aromatic carbocycles. The minimum absolute atomic E-state index is 0.0478. The quantitative estimate of drug-likeness (QED) is 0.781. The Balaban J connectivity index is 3.20. The molecule has 0 unspecified atom stereocenters. The number of hydrogen-bond acceptors (Lipinski definition) is 3. The van der Waals surface area contributed by atoms with Crippen molar-refractivity contribution in [2.45, 2.75) is 0 Å². The smallest absolute Gasteiger partial charge is 0.337 e. The van der Waals surface area contributed by atoms with Crippen molar-refractivity contribution in [1.82, 2.24) is 4.31 Å². The van der Waals surface area contributed by atoms with E-state index in [0.717, 1.165) is 4.31 Å². The summed E-state index contributed by atoms with van der Waals surface area (Å²) < 4.78 is 27.1. The monoisotopic (exact) mass is 370 g/mol. The van der Waals surface area contributed by atoms with Crippen LogP contribution < -0.4 is 4.72 Å². The van der Waals surface area contributed by atoms with Crippen LogP contribution in [0.5, 0.6) is 0 Å². The second kappa shape index (κ2) is 5.19. The predicted octanol–water partition coefficient (Wildman–Crippen LogP) is 1.21. The van der Waals surface area contributed by atoms with Gasteiger partial charge in [0, 0.05) is 17.7 Å². The lowest BCUT2D eigenvalue weighted by atomic mass is 10.2. The number of carboxylic acid groups (broad SMARTS) is 1. The predicted molar refractivity (Wildman–Crippen MR) is 72.3 cm³/mol. The highest BCUT2D eigenvalue weighted by Crippen LogP contribution is 2.20. The van der Waals surface area contributed by atoms with Crippen LogP contribution in [-0.2, 0) is 10.2 Å². The summed E-state index contributed by atoms with van der Waals surface area (Å²) in [6.45, 7) is 0. The second-order valence-corrected chi connectivity index (χ2v) is 6.51. The molecule has 1 rings (SSSR count). The summed E-state index contributed by atoms with van der Waals surface area (Å²) in [6, 6.07) is 4.45. The molecule has 6 nitrogen and oxygen atoms in total. The standard InChI is InChI=1S/C9H11IN2O4S/c1-12(2)17(15,16)11-8-4-3-6(10)5-7(8)9(13)14/h3-5,11H,1-2H3,(H,13,14). The Bertz CT molecular complexity index is 542. The molecule has 1 aromatic rings. The van der Waals surface area contributed by atoms with E-state index in [1.807, 2.05) is 22.6 Å². The van der Waals surface area contributed by atoms with Crippen LogP contribution >= 0.6 is 22.6 Å². The van der Waals surface area contributed by atoms with E-state index < -0.39 is 16.2 Å². The van der Waals surface area contributed by atoms with Gasteiger partial charge in [-0.1, -0.05) is 0 Å². The molecule has 0 aliphatic rings. The molecule has 0 fully saturated rings. The molecule has 2 N–H and O–H groups in total. The van der Waals surface area contributed by atoms with E-state index in [0.29, 0.717) is 3.57 Å². The molecule has 0 spiro atoms. The zero-order chi connectivity index (χ0) is 13.2. The van der Waals surface area contributed by atoms with Gasteiger partial charge in [-0.3, -0.25) is 4.72 Å². The largest absolute Gasteiger partial charge is 0.478 e. The fourth-order valence-corrected chi connectivity index (χ4v) is 2.14. The number of benzene rings is 1. The minimum Gasteiger partial charge on any atom is -0.478 e. The molecule has 0 aliphatic carbocycles. The number of carboxylic acids is 1. The van der Waals surface area contributed by atoms with E-state index in [9.17, 15) is 13.2 Å². The zero-order valence-corrected chi connectivity index (χ0v) is 12.1. The lowest BCUT2D eigenvalue weighted by Gasteiger charge is -2.14. The molecule has 0 atom stereocenters. The molecular formula is C9H11IN2O4S. The third kappa shape index (κ3) is 3.54. The fourth-order valence-electron chi connectivity index (χ4n) is 1.01. The molecule has 8 heteroatoms. The summed E-state index contributed by atoms with van der Waals surface area (Å²) in [7, 11) is -0.989. The third-order valence-electron chi connectivity index (χ3n) is 1.93. The highest BCUT2D eigenvalue weighted by atomic mass is 127. The van der Waals surface area contributed by atoms with Crippen LogP contribution in [0.15, 0.2) is 18.2 Å². The van der Waals surface area contributed by atoms with Crippen molar-refractivity contribution in [2.75, 3.05) is 18.8 Å². The number of rotatable bonds is 4. The molecular weight excluding hydrogens is 359 g/mol. The van der Waals surface area contributed by atoms with Crippen LogP contribution in [0.1, 0.15) is 10.4 Å². The van der Waals surface area contributed by atoms with Crippen LogP contribution in [0, 0.1) is 3.57 Å². The first-order chi connectivity index (χ1) is 7.74. The third-order valence-corrected chi connectivity index (χ3v) is 4.04. The molecule has 0 bridgehead atoms. The average molecular weight is 370 g/mol. The Hall–Kier alpha value is -0.870. The summed E-state index contributed by atoms with van der Waals surface area (Å²) in [5, 5.41) is 8.97. The van der Waals surface area contributed by atoms with Gasteiger partial charge < -0.3 is 5.11 Å². The van der Waals surface area contributed by atoms with E-state index in [1.54, 1.807) is 6.07 Å². The van der Waals surface area contributed by atoms with Crippen molar-refractivity contribution in [3.8, 4) is 0 Å². The van der Waals surface area contributed by atoms with Gasteiger partial charge in [-0.05, 0) is 40.8 Å². The average Bonchev–Trinajstić information content (AvgIpc) is 2.19. The van der Waals surface area contributed by atoms with Crippen molar-refractivity contribution < 1.29 is 18.3 Å². The van der Waals surface area contributed by atoms with E-state index in [1.165, 1.54) is 26.2 Å². The van der Waals surface area contributed by atoms with Crippen LogP contribution in [0.4, 0.5) is 5.69 Å². The summed E-state index contributed by atoms with van der Waals surface area (Å²) >= 11 is 1.96. The Kier molecular flexibility index (Phi) is 4.33. The molecule has 0 aromatic heterocycles. The summed E-state index contributed by atoms with van der Waals surface area (Å²) in [5.74, 6) is -1.18. The van der Waals surface area contributed by atoms with Crippen molar-refractivity contribution in [3.05, 3.63) is 27.3 Å². The Morgan fingerprint density at radius 3 is 2.47 bits per heavy atom. The molecule has 0 radical (unpaired) electrons. The minimum atomic E-state index is -3.70. The fraction of sp³-hybridized carbons (Fsp3) is 0.222. The van der Waals surface area contributed by atoms with Crippen molar-refractivity contribution in [1.29, 1.82) is 0 Å². The Morgan fingerprint density at radius 2 is 2.00 bits per heavy atom. The first-order valence-corrected chi connectivity index (χ1v) is 6.99. The van der Waals surface area contributed by atoms with Gasteiger partial charge in [-0.15, -0.1) is 0 Å². The SMILES string of the molecule is CN(C)S(=O)(=O)Nc1ccc(I)cc1C(=O)O. The van der Waals surface area contributed by atoms with Crippen LogP contribution in [0.2, 0.25) is 0 Å². The highest BCUT2D eigenvalue weighted by Gasteiger charge is 2.18. The lowest BCUT2D eigenvalue weighted by molar-refractivity contribution is 0.0698. The number of halogens is 1. The number of hydrogen-bond donors (Lipinski definition) is 2. The van der Waals surface area contributed by atoms with Crippen molar-refractivity contribution in [2.24, 2.45) is 0 Å². The molecule has 0 saturated carbocycles. The van der Waals surface area contributed by atoms with Gasteiger partial charge in [0.05, 0.1) is 11.3 Å². The van der Waals surface area contributed by atoms with Crippen molar-refractivity contribution in [3.63, 3.8) is 0 Å². The molecule has 0 aliphatic heterocycles. The maximum absolute atomic E-state index is 11.6. The summed E-state index contributed by atoms with van der Waals surface area (Å²) in [6.07, 6.45) is 0. The van der Waals surface area contributed by atoms with Gasteiger partial charge in [0.1, 0.15) is 0 Å². The number of aromatic carboxylic acids is 1. The Morgan fingerprint density at radius 1 is 1.41 bits per heavy atom. The van der Waals surface area contributed by atoms with Gasteiger partial charge in [0.2, 0.25) is 0 Å². The molecule has 0 saturated heterocycles. The number of anilines is 1. The van der Waals surface area contributed by atoms with Gasteiger partial charge in [-0.2, -0.15) is 12.7 Å². The topological polar surface area (TPSA) is 86.7 Å². The van der Waals surface area contributed by atoms with Crippen LogP contribution in [-0.4, -0.2) is 37.9 Å². The first-order valence-electron chi connectivity index (χ1n) is 4.47. The summed E-state index contributed by atoms with van der Waals surface area (Å²) in [4.78, 5) is 11.0. The van der Waals surface area contributed by atoms with Crippen LogP contribution in [0.25, 0.3) is 0 Å². The van der Waals surface area contributed by atoms with Crippen molar-refractivity contribution >= 4 is 44.5 Å². The summed E-state index contributed by atoms with van der Waals surface area (Å²) in [5.41, 5.74) is -0.0334. The lowest BCUT2D eigenvalue weighted by Crippen LogP contribution is -2.29. The second-order valence-electron chi connectivity index (χ2n) is 3.38. The van der Waals surface area contributed by atoms with Gasteiger partial charge in [0.15, 0.2) is 0 Å². The van der Waals surface area contributed by atoms with E-state index in [2.05, 4.69) is 4.72 Å². The zero-order valence-electron chi connectivity index (χ0n) is 9.14. The normalized spacial score (nSPS) is 11.5. The first kappa shape index (κ1) is 14.2. The van der Waals surface area contributed by atoms with Crippen LogP contribution in [0.3, 0.4) is 0 Å². The molecule has 94 valence electrons. The number of nitrogens with zero attached hydrogens (tertiary/aromatic N) is 1. The maximum Gasteiger partial charge on any atom is 0.337 e. The molecule has 0 heterocycles. The number of nitrogens with one attached hydrogen (secondary N) is 1. The maximum atomic E-state index is 11.6. The highest BCUT2D eigenvalue weighted by molar-refractivity contribution is 14.1. The molecule has 0 amide bonds. The molecule has 17 heavy (non-hydrogen) atoms. The van der Waals surface area contributed by atoms with Gasteiger partial charge in [0.25, 0.3) is 0 Å². The van der Waals surface area contributed by atoms with Gasteiger partial charge in [-0.25, -0.2) is 4.79 Å². The number of carbonyl (C=O) groups is 1. The van der Waals surface area contributed by atoms with E-state index >= 15 is 0 Å². The van der Waals surface area contributed by atoms with E-state index in [-0.39, 0.29) is 11.3 Å². The van der Waals surface area contributed by atoms with Gasteiger partial charge >= 0.3 is 16.2 Å². The Labute approximate surface area is 113 Å². The van der Waals surface area contributed by atoms with E-state index in [4.69, 9.17) is 5.11 Å².